The first-order valence-electron chi connectivity index (χ1n) is 11.6. The molecule has 2 heterocycles. The van der Waals surface area contributed by atoms with Gasteiger partial charge in [-0.3, -0.25) is 0 Å². The normalized spacial score (nSPS) is 10.9. The van der Waals surface area contributed by atoms with E-state index in [9.17, 15) is 0 Å². The van der Waals surface area contributed by atoms with Crippen molar-refractivity contribution in [3.05, 3.63) is 102 Å². The molecular weight excluding hydrogens is 436 g/mol. The first-order valence-corrected chi connectivity index (χ1v) is 11.6. The number of methoxy groups -OCH3 is 2. The third-order valence-corrected chi connectivity index (χ3v) is 6.12. The lowest BCUT2D eigenvalue weighted by atomic mass is 10.1. The fraction of sp³-hybridized carbons (Fsp3) is 0.172. The molecule has 0 aliphatic rings. The van der Waals surface area contributed by atoms with E-state index in [-0.39, 0.29) is 0 Å². The summed E-state index contributed by atoms with van der Waals surface area (Å²) in [6.07, 6.45) is 1.63. The summed E-state index contributed by atoms with van der Waals surface area (Å²) < 4.78 is 12.9. The molecule has 3 aromatic carbocycles. The molecule has 0 unspecified atom stereocenters. The maximum atomic E-state index is 5.36. The number of hydrogen-bond acceptors (Lipinski definition) is 5. The number of rotatable bonds is 8. The predicted octanol–water partition coefficient (Wildman–Crippen LogP) is 6.08. The fourth-order valence-electron chi connectivity index (χ4n) is 4.29. The topological polar surface area (TPSA) is 61.2 Å². The monoisotopic (exact) mass is 464 g/mol. The summed E-state index contributed by atoms with van der Waals surface area (Å²) in [4.78, 5) is 9.26. The highest BCUT2D eigenvalue weighted by Gasteiger charge is 2.16. The number of anilines is 1. The van der Waals surface area contributed by atoms with Crippen LogP contribution in [0.25, 0.3) is 22.3 Å². The SMILES string of the molecule is COc1ccc(Cn2c(-c3ccc(OC)cc3)cc3c(NCc4cccc(C)c4)ncnc32)cc1. The van der Waals surface area contributed by atoms with Gasteiger partial charge in [-0.25, -0.2) is 9.97 Å². The number of hydrogen-bond donors (Lipinski definition) is 1. The van der Waals surface area contributed by atoms with Crippen LogP contribution in [0.5, 0.6) is 11.5 Å². The molecule has 0 atom stereocenters. The lowest BCUT2D eigenvalue weighted by Gasteiger charge is -2.12. The van der Waals surface area contributed by atoms with E-state index >= 15 is 0 Å². The minimum absolute atomic E-state index is 0.670. The number of ether oxygens (including phenoxy) is 2. The Morgan fingerprint density at radius 2 is 1.51 bits per heavy atom. The van der Waals surface area contributed by atoms with E-state index in [0.29, 0.717) is 13.1 Å². The average molecular weight is 465 g/mol. The highest BCUT2D eigenvalue weighted by Crippen LogP contribution is 2.32. The van der Waals surface area contributed by atoms with Crippen molar-refractivity contribution in [2.75, 3.05) is 19.5 Å². The fourth-order valence-corrected chi connectivity index (χ4v) is 4.29. The van der Waals surface area contributed by atoms with E-state index in [1.54, 1.807) is 20.5 Å². The van der Waals surface area contributed by atoms with Gasteiger partial charge in [0.15, 0.2) is 0 Å². The minimum atomic E-state index is 0.670. The van der Waals surface area contributed by atoms with Crippen molar-refractivity contribution in [3.63, 3.8) is 0 Å². The summed E-state index contributed by atoms with van der Waals surface area (Å²) in [5.41, 5.74) is 6.65. The van der Waals surface area contributed by atoms with Gasteiger partial charge in [-0.1, -0.05) is 42.0 Å². The molecule has 176 valence electrons. The van der Waals surface area contributed by atoms with Gasteiger partial charge in [0, 0.05) is 13.1 Å². The smallest absolute Gasteiger partial charge is 0.146 e. The van der Waals surface area contributed by atoms with Crippen LogP contribution in [0, 0.1) is 6.92 Å². The van der Waals surface area contributed by atoms with Crippen LogP contribution in [0.4, 0.5) is 5.82 Å². The second-order valence-electron chi connectivity index (χ2n) is 8.49. The Hall–Kier alpha value is -4.32. The van der Waals surface area contributed by atoms with Crippen molar-refractivity contribution in [1.29, 1.82) is 0 Å². The largest absolute Gasteiger partial charge is 0.497 e. The van der Waals surface area contributed by atoms with Crippen LogP contribution in [0.1, 0.15) is 16.7 Å². The van der Waals surface area contributed by atoms with Gasteiger partial charge in [-0.05, 0) is 66.1 Å². The molecule has 5 aromatic rings. The molecular formula is C29H28N4O2. The first-order chi connectivity index (χ1) is 17.1. The van der Waals surface area contributed by atoms with Crippen molar-refractivity contribution in [3.8, 4) is 22.8 Å². The summed E-state index contributed by atoms with van der Waals surface area (Å²) in [6, 6.07) is 26.9. The summed E-state index contributed by atoms with van der Waals surface area (Å²) in [7, 11) is 3.36. The average Bonchev–Trinajstić information content (AvgIpc) is 3.27. The molecule has 35 heavy (non-hydrogen) atoms. The van der Waals surface area contributed by atoms with Crippen molar-refractivity contribution in [2.24, 2.45) is 0 Å². The van der Waals surface area contributed by atoms with Gasteiger partial charge in [-0.2, -0.15) is 0 Å². The molecule has 0 bridgehead atoms. The van der Waals surface area contributed by atoms with E-state index in [4.69, 9.17) is 9.47 Å². The Labute approximate surface area is 205 Å². The van der Waals surface area contributed by atoms with Crippen LogP contribution < -0.4 is 14.8 Å². The molecule has 0 amide bonds. The Morgan fingerprint density at radius 3 is 2.20 bits per heavy atom. The quantitative estimate of drug-likeness (QED) is 0.301. The van der Waals surface area contributed by atoms with Crippen LogP contribution in [0.2, 0.25) is 0 Å². The molecule has 5 rings (SSSR count). The Bertz CT molecular complexity index is 1440. The lowest BCUT2D eigenvalue weighted by molar-refractivity contribution is 0.414. The zero-order chi connectivity index (χ0) is 24.2. The molecule has 2 aromatic heterocycles. The van der Waals surface area contributed by atoms with Crippen LogP contribution in [-0.2, 0) is 13.1 Å². The van der Waals surface area contributed by atoms with Gasteiger partial charge in [0.05, 0.1) is 25.3 Å². The molecule has 0 fully saturated rings. The Morgan fingerprint density at radius 1 is 0.800 bits per heavy atom. The third kappa shape index (κ3) is 4.82. The van der Waals surface area contributed by atoms with Gasteiger partial charge >= 0.3 is 0 Å². The van der Waals surface area contributed by atoms with Crippen LogP contribution in [0.3, 0.4) is 0 Å². The maximum Gasteiger partial charge on any atom is 0.146 e. The molecule has 6 heteroatoms. The molecule has 0 saturated carbocycles. The van der Waals surface area contributed by atoms with Crippen molar-refractivity contribution in [2.45, 2.75) is 20.0 Å². The Balaban J connectivity index is 1.56. The second-order valence-corrected chi connectivity index (χ2v) is 8.49. The maximum absolute atomic E-state index is 5.36. The van der Waals surface area contributed by atoms with E-state index < -0.39 is 0 Å². The number of fused-ring (bicyclic) bond motifs is 1. The van der Waals surface area contributed by atoms with E-state index in [1.165, 1.54) is 11.1 Å². The number of aromatic nitrogens is 3. The zero-order valence-electron chi connectivity index (χ0n) is 20.2. The van der Waals surface area contributed by atoms with E-state index in [2.05, 4.69) is 81.4 Å². The van der Waals surface area contributed by atoms with Gasteiger partial charge < -0.3 is 19.4 Å². The molecule has 6 nitrogen and oxygen atoms in total. The number of nitrogens with zero attached hydrogens (tertiary/aromatic N) is 3. The second kappa shape index (κ2) is 9.89. The number of aryl methyl sites for hydroxylation is 1. The molecule has 1 N–H and O–H groups in total. The lowest BCUT2D eigenvalue weighted by Crippen LogP contribution is -2.05. The molecule has 0 saturated heterocycles. The Kier molecular flexibility index (Phi) is 6.35. The highest BCUT2D eigenvalue weighted by atomic mass is 16.5. The van der Waals surface area contributed by atoms with Crippen LogP contribution in [-0.4, -0.2) is 28.8 Å². The van der Waals surface area contributed by atoms with Gasteiger partial charge in [0.2, 0.25) is 0 Å². The summed E-state index contributed by atoms with van der Waals surface area (Å²) in [5.74, 6) is 2.48. The summed E-state index contributed by atoms with van der Waals surface area (Å²) >= 11 is 0. The first kappa shape index (κ1) is 22.5. The van der Waals surface area contributed by atoms with E-state index in [0.717, 1.165) is 45.2 Å². The standard InChI is InChI=1S/C29H28N4O2/c1-20-5-4-6-22(15-20)17-30-28-26-16-27(23-9-13-25(35-3)14-10-23)33(29(26)32-19-31-28)18-21-7-11-24(34-2)12-8-21/h4-16,19H,17-18H2,1-3H3,(H,30,31,32). The minimum Gasteiger partial charge on any atom is -0.497 e. The molecule has 0 aliphatic heterocycles. The van der Waals surface area contributed by atoms with Crippen LogP contribution >= 0.6 is 0 Å². The summed E-state index contributed by atoms with van der Waals surface area (Å²) in [6.45, 7) is 3.46. The van der Waals surface area contributed by atoms with Crippen LogP contribution in [0.15, 0.2) is 85.2 Å². The van der Waals surface area contributed by atoms with Gasteiger partial charge in [0.25, 0.3) is 0 Å². The number of benzene rings is 3. The van der Waals surface area contributed by atoms with Gasteiger partial charge in [0.1, 0.15) is 29.3 Å². The molecule has 0 spiro atoms. The highest BCUT2D eigenvalue weighted by molar-refractivity contribution is 5.92. The number of nitrogens with one attached hydrogen (secondary N) is 1. The predicted molar refractivity (Wildman–Crippen MR) is 140 cm³/mol. The molecule has 0 radical (unpaired) electrons. The van der Waals surface area contributed by atoms with Crippen molar-refractivity contribution >= 4 is 16.9 Å². The third-order valence-electron chi connectivity index (χ3n) is 6.12. The van der Waals surface area contributed by atoms with Crippen molar-refractivity contribution < 1.29 is 9.47 Å². The zero-order valence-corrected chi connectivity index (χ0v) is 20.2. The molecule has 0 aliphatic carbocycles. The summed E-state index contributed by atoms with van der Waals surface area (Å²) in [5, 5.41) is 4.51. The van der Waals surface area contributed by atoms with Gasteiger partial charge in [-0.15, -0.1) is 0 Å². The van der Waals surface area contributed by atoms with Crippen molar-refractivity contribution in [1.82, 2.24) is 14.5 Å². The van der Waals surface area contributed by atoms with E-state index in [1.807, 2.05) is 24.3 Å².